The zero-order chi connectivity index (χ0) is 33.9. The minimum absolute atomic E-state index is 0.676. The predicted octanol–water partition coefficient (Wildman–Crippen LogP) is 13.4. The van der Waals surface area contributed by atoms with Crippen LogP contribution >= 0.6 is 11.3 Å². The average molecular weight is 678 g/mol. The largest absolute Gasteiger partial charge is 0.277 e. The first kappa shape index (κ1) is 28.1. The Morgan fingerprint density at radius 2 is 0.942 bits per heavy atom. The van der Waals surface area contributed by atoms with E-state index in [1.54, 1.807) is 0 Å². The van der Waals surface area contributed by atoms with Crippen LogP contribution in [-0.4, -0.2) is 14.5 Å². The summed E-state index contributed by atoms with van der Waals surface area (Å²) in [5.74, 6) is 0.676. The second kappa shape index (κ2) is 10.5. The smallest absolute Gasteiger partial charge is 0.235 e. The molecular weight excluding hydrogens is 651 g/mol. The Balaban J connectivity index is 1.35. The maximum Gasteiger partial charge on any atom is 0.235 e. The van der Waals surface area contributed by atoms with Gasteiger partial charge < -0.3 is 0 Å². The van der Waals surface area contributed by atoms with Crippen molar-refractivity contribution in [3.8, 4) is 17.2 Å². The first-order valence-electron chi connectivity index (χ1n) is 17.7. The van der Waals surface area contributed by atoms with Gasteiger partial charge >= 0.3 is 0 Å². The molecule has 0 aliphatic carbocycles. The molecule has 4 heteroatoms. The van der Waals surface area contributed by atoms with Crippen molar-refractivity contribution >= 4 is 107 Å². The Morgan fingerprint density at radius 3 is 1.69 bits per heavy atom. The molecule has 3 heterocycles. The Bertz CT molecular complexity index is 3470. The second-order valence-corrected chi connectivity index (χ2v) is 14.7. The summed E-state index contributed by atoms with van der Waals surface area (Å²) in [6, 6.07) is 59.2. The van der Waals surface area contributed by atoms with Crippen LogP contribution in [0.5, 0.6) is 0 Å². The van der Waals surface area contributed by atoms with Crippen LogP contribution in [0.1, 0.15) is 0 Å². The summed E-state index contributed by atoms with van der Waals surface area (Å²) in [5.41, 5.74) is 5.21. The summed E-state index contributed by atoms with van der Waals surface area (Å²) >= 11 is 1.82. The highest BCUT2D eigenvalue weighted by molar-refractivity contribution is 7.26. The van der Waals surface area contributed by atoms with Crippen molar-refractivity contribution in [2.75, 3.05) is 0 Å². The standard InChI is InChI=1S/C48H27N3S/c1-2-14-28(15-3-1)45-37-26-27-40-42(36-23-11-13-25-39(36)52-40)46(37)50-48(49-45)51-38-24-12-10-22-35(38)44-43-32-19-7-5-17-30(32)29-16-4-6-18-31(29)41(43)33-20-8-9-21-34(33)47(44)51/h1-27H. The summed E-state index contributed by atoms with van der Waals surface area (Å²) in [6.07, 6.45) is 0. The van der Waals surface area contributed by atoms with Gasteiger partial charge in [0.1, 0.15) is 0 Å². The molecule has 12 rings (SSSR count). The van der Waals surface area contributed by atoms with Gasteiger partial charge in [0.2, 0.25) is 5.95 Å². The van der Waals surface area contributed by atoms with Crippen molar-refractivity contribution in [2.45, 2.75) is 0 Å². The van der Waals surface area contributed by atoms with Gasteiger partial charge in [-0.05, 0) is 56.6 Å². The number of benzene rings is 9. The molecule has 3 nitrogen and oxygen atoms in total. The number of hydrogen-bond donors (Lipinski definition) is 0. The molecule has 0 bridgehead atoms. The fraction of sp³-hybridized carbons (Fsp3) is 0. The van der Waals surface area contributed by atoms with E-state index in [1.807, 2.05) is 11.3 Å². The average Bonchev–Trinajstić information content (AvgIpc) is 3.77. The van der Waals surface area contributed by atoms with Crippen LogP contribution in [0.3, 0.4) is 0 Å². The molecule has 0 amide bonds. The van der Waals surface area contributed by atoms with Crippen LogP contribution in [0, 0.1) is 0 Å². The van der Waals surface area contributed by atoms with E-state index in [-0.39, 0.29) is 0 Å². The summed E-state index contributed by atoms with van der Waals surface area (Å²) < 4.78 is 4.84. The van der Waals surface area contributed by atoms with E-state index >= 15 is 0 Å². The molecule has 0 aliphatic rings. The van der Waals surface area contributed by atoms with E-state index in [9.17, 15) is 0 Å². The van der Waals surface area contributed by atoms with Gasteiger partial charge in [0.25, 0.3) is 0 Å². The SMILES string of the molecule is c1ccc(-c2nc(-n3c4ccccc4c4c5c6ccccc6c6ccccc6c5c5ccccc5c43)nc3c2ccc2sc4ccccc4c23)cc1. The van der Waals surface area contributed by atoms with Crippen molar-refractivity contribution in [1.29, 1.82) is 0 Å². The van der Waals surface area contributed by atoms with E-state index < -0.39 is 0 Å². The normalized spacial score (nSPS) is 12.2. The Morgan fingerprint density at radius 1 is 0.365 bits per heavy atom. The highest BCUT2D eigenvalue weighted by Crippen LogP contribution is 2.48. The van der Waals surface area contributed by atoms with Gasteiger partial charge in [-0.2, -0.15) is 0 Å². The van der Waals surface area contributed by atoms with Gasteiger partial charge in [0.15, 0.2) is 0 Å². The molecule has 0 unspecified atom stereocenters. The number of thiophene rings is 1. The predicted molar refractivity (Wildman–Crippen MR) is 222 cm³/mol. The topological polar surface area (TPSA) is 30.7 Å². The van der Waals surface area contributed by atoms with Crippen LogP contribution in [0.25, 0.3) is 113 Å². The Labute approximate surface area is 301 Å². The van der Waals surface area contributed by atoms with Crippen LogP contribution < -0.4 is 0 Å². The zero-order valence-electron chi connectivity index (χ0n) is 27.8. The first-order chi connectivity index (χ1) is 25.8. The summed E-state index contributed by atoms with van der Waals surface area (Å²) in [5, 5.41) is 15.9. The van der Waals surface area contributed by atoms with Gasteiger partial charge in [-0.1, -0.05) is 140 Å². The molecule has 240 valence electrons. The minimum atomic E-state index is 0.676. The van der Waals surface area contributed by atoms with Gasteiger partial charge in [0.05, 0.1) is 22.2 Å². The Kier molecular flexibility index (Phi) is 5.65. The number of hydrogen-bond acceptors (Lipinski definition) is 3. The molecule has 3 aromatic heterocycles. The highest BCUT2D eigenvalue weighted by Gasteiger charge is 2.24. The monoisotopic (exact) mass is 677 g/mol. The lowest BCUT2D eigenvalue weighted by Crippen LogP contribution is -2.04. The fourth-order valence-electron chi connectivity index (χ4n) is 8.85. The van der Waals surface area contributed by atoms with Crippen LogP contribution in [0.15, 0.2) is 164 Å². The molecule has 0 radical (unpaired) electrons. The number of para-hydroxylation sites is 1. The molecule has 0 N–H and O–H groups in total. The lowest BCUT2D eigenvalue weighted by atomic mass is 9.88. The van der Waals surface area contributed by atoms with Crippen molar-refractivity contribution in [3.05, 3.63) is 164 Å². The molecule has 52 heavy (non-hydrogen) atoms. The van der Waals surface area contributed by atoms with E-state index in [2.05, 4.69) is 168 Å². The quantitative estimate of drug-likeness (QED) is 0.171. The number of rotatable bonds is 2. The number of fused-ring (bicyclic) bond motifs is 18. The van der Waals surface area contributed by atoms with Crippen LogP contribution in [0.2, 0.25) is 0 Å². The van der Waals surface area contributed by atoms with Gasteiger partial charge in [0, 0.05) is 52.7 Å². The van der Waals surface area contributed by atoms with Crippen molar-refractivity contribution in [2.24, 2.45) is 0 Å². The van der Waals surface area contributed by atoms with E-state index in [0.717, 1.165) is 33.2 Å². The molecule has 0 aliphatic heterocycles. The zero-order valence-corrected chi connectivity index (χ0v) is 28.7. The van der Waals surface area contributed by atoms with Gasteiger partial charge in [-0.3, -0.25) is 4.57 Å². The third kappa shape index (κ3) is 3.69. The van der Waals surface area contributed by atoms with Crippen molar-refractivity contribution < 1.29 is 0 Å². The lowest BCUT2D eigenvalue weighted by Gasteiger charge is -2.16. The molecule has 0 atom stereocenters. The van der Waals surface area contributed by atoms with Crippen LogP contribution in [-0.2, 0) is 0 Å². The maximum absolute atomic E-state index is 5.61. The van der Waals surface area contributed by atoms with E-state index in [1.165, 1.54) is 74.0 Å². The molecule has 0 fully saturated rings. The molecular formula is C48H27N3S. The number of aromatic nitrogens is 3. The highest BCUT2D eigenvalue weighted by atomic mass is 32.1. The summed E-state index contributed by atoms with van der Waals surface area (Å²) in [4.78, 5) is 11.2. The minimum Gasteiger partial charge on any atom is -0.277 e. The molecule has 0 saturated carbocycles. The van der Waals surface area contributed by atoms with Gasteiger partial charge in [-0.15, -0.1) is 11.3 Å². The molecule has 0 saturated heterocycles. The van der Waals surface area contributed by atoms with E-state index in [0.29, 0.717) is 5.95 Å². The van der Waals surface area contributed by atoms with E-state index in [4.69, 9.17) is 9.97 Å². The summed E-state index contributed by atoms with van der Waals surface area (Å²) in [7, 11) is 0. The molecule has 0 spiro atoms. The third-order valence-electron chi connectivity index (χ3n) is 11.0. The fourth-order valence-corrected chi connectivity index (χ4v) is 9.96. The van der Waals surface area contributed by atoms with Crippen molar-refractivity contribution in [3.63, 3.8) is 0 Å². The molecule has 9 aromatic carbocycles. The summed E-state index contributed by atoms with van der Waals surface area (Å²) in [6.45, 7) is 0. The second-order valence-electron chi connectivity index (χ2n) is 13.6. The first-order valence-corrected chi connectivity index (χ1v) is 18.5. The maximum atomic E-state index is 5.61. The van der Waals surface area contributed by atoms with Crippen LogP contribution in [0.4, 0.5) is 0 Å². The van der Waals surface area contributed by atoms with Crippen molar-refractivity contribution in [1.82, 2.24) is 14.5 Å². The molecule has 12 aromatic rings. The Hall–Kier alpha value is -6.62. The van der Waals surface area contributed by atoms with Gasteiger partial charge in [-0.25, -0.2) is 9.97 Å². The lowest BCUT2D eigenvalue weighted by molar-refractivity contribution is 1.02. The number of nitrogens with zero attached hydrogens (tertiary/aromatic N) is 3. The third-order valence-corrected chi connectivity index (χ3v) is 12.1.